The first-order chi connectivity index (χ1) is 15.0. The van der Waals surface area contributed by atoms with Gasteiger partial charge in [-0.25, -0.2) is 0 Å². The van der Waals surface area contributed by atoms with Crippen molar-refractivity contribution in [2.45, 2.75) is 13.2 Å². The molecule has 31 heavy (non-hydrogen) atoms. The Labute approximate surface area is 194 Å². The van der Waals surface area contributed by atoms with Crippen molar-refractivity contribution in [2.24, 2.45) is 0 Å². The monoisotopic (exact) mass is 469 g/mol. The molecule has 1 aliphatic heterocycles. The van der Waals surface area contributed by atoms with Crippen LogP contribution in [-0.4, -0.2) is 16.0 Å². The number of thioether (sulfide) groups is 1. The molecular weight excluding hydrogens is 453 g/mol. The van der Waals surface area contributed by atoms with Gasteiger partial charge in [0.1, 0.15) is 12.4 Å². The van der Waals surface area contributed by atoms with E-state index in [1.807, 2.05) is 60.7 Å². The van der Waals surface area contributed by atoms with Crippen molar-refractivity contribution in [1.82, 2.24) is 4.90 Å². The molecule has 0 aliphatic carbocycles. The highest BCUT2D eigenvalue weighted by Crippen LogP contribution is 2.33. The number of ether oxygens (including phenoxy) is 1. The lowest BCUT2D eigenvalue weighted by molar-refractivity contribution is -0.123. The van der Waals surface area contributed by atoms with E-state index in [0.29, 0.717) is 20.7 Å². The van der Waals surface area contributed by atoms with E-state index in [2.05, 4.69) is 0 Å². The van der Waals surface area contributed by atoms with E-state index in [9.17, 15) is 9.59 Å². The summed E-state index contributed by atoms with van der Waals surface area (Å²) in [6.45, 7) is 0.543. The Balaban J connectivity index is 1.46. The van der Waals surface area contributed by atoms with Gasteiger partial charge in [0.15, 0.2) is 0 Å². The minimum Gasteiger partial charge on any atom is -0.489 e. The van der Waals surface area contributed by atoms with Gasteiger partial charge in [0, 0.05) is 15.6 Å². The third kappa shape index (κ3) is 5.31. The van der Waals surface area contributed by atoms with E-state index in [0.717, 1.165) is 28.5 Å². The predicted molar refractivity (Wildman–Crippen MR) is 125 cm³/mol. The summed E-state index contributed by atoms with van der Waals surface area (Å²) >= 11 is 13.1. The Kier molecular flexibility index (Phi) is 6.66. The average Bonchev–Trinajstić information content (AvgIpc) is 3.01. The van der Waals surface area contributed by atoms with E-state index in [4.69, 9.17) is 27.9 Å². The summed E-state index contributed by atoms with van der Waals surface area (Å²) < 4.78 is 5.84. The molecule has 1 heterocycles. The first kappa shape index (κ1) is 21.5. The molecule has 7 heteroatoms. The first-order valence-corrected chi connectivity index (χ1v) is 11.0. The zero-order chi connectivity index (χ0) is 21.8. The van der Waals surface area contributed by atoms with E-state index >= 15 is 0 Å². The molecule has 4 nitrogen and oxygen atoms in total. The number of benzene rings is 3. The van der Waals surface area contributed by atoms with Crippen LogP contribution < -0.4 is 4.74 Å². The lowest BCUT2D eigenvalue weighted by atomic mass is 10.2. The van der Waals surface area contributed by atoms with E-state index in [-0.39, 0.29) is 24.3 Å². The van der Waals surface area contributed by atoms with Gasteiger partial charge in [-0.1, -0.05) is 71.7 Å². The molecular formula is C24H17Cl2NO3S. The molecule has 0 saturated carbocycles. The molecule has 0 aromatic heterocycles. The van der Waals surface area contributed by atoms with Gasteiger partial charge in [-0.15, -0.1) is 0 Å². The Hall–Kier alpha value is -2.73. The standard InChI is InChI=1S/C24H17Cl2NO3S/c25-19-10-9-18(21(26)13-19)15-30-20-8-4-7-17(11-20)12-22-23(28)27(24(29)31-22)14-16-5-2-1-3-6-16/h1-13H,14-15H2/b22-12-. The fraction of sp³-hybridized carbons (Fsp3) is 0.0833. The Bertz CT molecular complexity index is 1160. The first-order valence-electron chi connectivity index (χ1n) is 9.46. The second kappa shape index (κ2) is 9.60. The van der Waals surface area contributed by atoms with E-state index < -0.39 is 0 Å². The van der Waals surface area contributed by atoms with Crippen LogP contribution in [0.15, 0.2) is 77.7 Å². The zero-order valence-electron chi connectivity index (χ0n) is 16.3. The summed E-state index contributed by atoms with van der Waals surface area (Å²) in [5, 5.41) is 0.831. The number of halogens is 2. The van der Waals surface area contributed by atoms with Crippen LogP contribution in [0.25, 0.3) is 6.08 Å². The molecule has 0 atom stereocenters. The molecule has 0 radical (unpaired) electrons. The number of carbonyl (C=O) groups is 2. The summed E-state index contributed by atoms with van der Waals surface area (Å²) in [6, 6.07) is 22.0. The molecule has 1 aliphatic rings. The lowest BCUT2D eigenvalue weighted by Crippen LogP contribution is -2.27. The molecule has 0 unspecified atom stereocenters. The van der Waals surface area contributed by atoms with Crippen molar-refractivity contribution in [3.63, 3.8) is 0 Å². The summed E-state index contributed by atoms with van der Waals surface area (Å²) in [4.78, 5) is 26.7. The van der Waals surface area contributed by atoms with Crippen molar-refractivity contribution in [3.8, 4) is 5.75 Å². The molecule has 156 valence electrons. The van der Waals surface area contributed by atoms with Gasteiger partial charge in [-0.2, -0.15) is 0 Å². The highest BCUT2D eigenvalue weighted by atomic mass is 35.5. The Morgan fingerprint density at radius 2 is 1.74 bits per heavy atom. The second-order valence-corrected chi connectivity index (χ2v) is 8.69. The molecule has 3 aromatic carbocycles. The van der Waals surface area contributed by atoms with Crippen LogP contribution in [0.1, 0.15) is 16.7 Å². The largest absolute Gasteiger partial charge is 0.489 e. The van der Waals surface area contributed by atoms with Crippen LogP contribution in [-0.2, 0) is 17.9 Å². The van der Waals surface area contributed by atoms with Gasteiger partial charge < -0.3 is 4.74 Å². The number of hydrogen-bond acceptors (Lipinski definition) is 4. The van der Waals surface area contributed by atoms with Gasteiger partial charge >= 0.3 is 0 Å². The summed E-state index contributed by atoms with van der Waals surface area (Å²) in [7, 11) is 0. The fourth-order valence-corrected chi connectivity index (χ4v) is 4.35. The molecule has 0 bridgehead atoms. The van der Waals surface area contributed by atoms with E-state index in [1.54, 1.807) is 18.2 Å². The van der Waals surface area contributed by atoms with Gasteiger partial charge in [0.25, 0.3) is 11.1 Å². The third-order valence-corrected chi connectivity index (χ3v) is 6.12. The number of hydrogen-bond donors (Lipinski definition) is 0. The number of carbonyl (C=O) groups excluding carboxylic acids is 2. The molecule has 2 amide bonds. The maximum atomic E-state index is 12.7. The minimum atomic E-state index is -0.293. The third-order valence-electron chi connectivity index (χ3n) is 4.62. The van der Waals surface area contributed by atoms with Crippen LogP contribution in [0.2, 0.25) is 10.0 Å². The van der Waals surface area contributed by atoms with Gasteiger partial charge in [-0.05, 0) is 53.2 Å². The number of nitrogens with zero attached hydrogens (tertiary/aromatic N) is 1. The lowest BCUT2D eigenvalue weighted by Gasteiger charge is -2.12. The number of rotatable bonds is 6. The van der Waals surface area contributed by atoms with Gasteiger partial charge in [-0.3, -0.25) is 14.5 Å². The van der Waals surface area contributed by atoms with Gasteiger partial charge in [0.05, 0.1) is 11.4 Å². The number of amides is 2. The fourth-order valence-electron chi connectivity index (χ4n) is 3.05. The molecule has 4 rings (SSSR count). The second-order valence-electron chi connectivity index (χ2n) is 6.85. The smallest absolute Gasteiger partial charge is 0.293 e. The topological polar surface area (TPSA) is 46.6 Å². The summed E-state index contributed by atoms with van der Waals surface area (Å²) in [6.07, 6.45) is 1.71. The van der Waals surface area contributed by atoms with Crippen LogP contribution in [0.3, 0.4) is 0 Å². The van der Waals surface area contributed by atoms with Crippen LogP contribution in [0, 0.1) is 0 Å². The normalized spacial score (nSPS) is 15.0. The van der Waals surface area contributed by atoms with E-state index in [1.165, 1.54) is 4.90 Å². The van der Waals surface area contributed by atoms with Crippen LogP contribution in [0.4, 0.5) is 4.79 Å². The maximum absolute atomic E-state index is 12.7. The zero-order valence-corrected chi connectivity index (χ0v) is 18.6. The van der Waals surface area contributed by atoms with Crippen molar-refractivity contribution in [3.05, 3.63) is 104 Å². The highest BCUT2D eigenvalue weighted by Gasteiger charge is 2.34. The molecule has 1 saturated heterocycles. The highest BCUT2D eigenvalue weighted by molar-refractivity contribution is 8.18. The van der Waals surface area contributed by atoms with Crippen molar-refractivity contribution in [1.29, 1.82) is 0 Å². The average molecular weight is 470 g/mol. The molecule has 3 aromatic rings. The minimum absolute atomic E-state index is 0.258. The van der Waals surface area contributed by atoms with Crippen molar-refractivity contribution >= 4 is 52.2 Å². The SMILES string of the molecule is O=C1S/C(=C\c2cccc(OCc3ccc(Cl)cc3Cl)c2)C(=O)N1Cc1ccccc1. The quantitative estimate of drug-likeness (QED) is 0.372. The van der Waals surface area contributed by atoms with Crippen molar-refractivity contribution < 1.29 is 14.3 Å². The molecule has 0 N–H and O–H groups in total. The molecule has 0 spiro atoms. The van der Waals surface area contributed by atoms with Gasteiger partial charge in [0.2, 0.25) is 0 Å². The summed E-state index contributed by atoms with van der Waals surface area (Å²) in [5.74, 6) is 0.335. The van der Waals surface area contributed by atoms with Crippen molar-refractivity contribution in [2.75, 3.05) is 0 Å². The predicted octanol–water partition coefficient (Wildman–Crippen LogP) is 6.81. The Morgan fingerprint density at radius 3 is 2.52 bits per heavy atom. The summed E-state index contributed by atoms with van der Waals surface area (Å²) in [5.41, 5.74) is 2.49. The van der Waals surface area contributed by atoms with Crippen LogP contribution >= 0.6 is 35.0 Å². The maximum Gasteiger partial charge on any atom is 0.293 e. The number of imide groups is 1. The van der Waals surface area contributed by atoms with Crippen LogP contribution in [0.5, 0.6) is 5.75 Å². The Morgan fingerprint density at radius 1 is 0.935 bits per heavy atom. The molecule has 1 fully saturated rings.